The molecule has 0 aliphatic heterocycles. The first kappa shape index (κ1) is 8.77. The predicted molar refractivity (Wildman–Crippen MR) is 36.0 cm³/mol. The summed E-state index contributed by atoms with van der Waals surface area (Å²) in [6, 6.07) is 0. The molecule has 0 aromatic carbocycles. The topological polar surface area (TPSA) is 0 Å². The monoisotopic (exact) mass is 230 g/mol. The average molecular weight is 231 g/mol. The summed E-state index contributed by atoms with van der Waals surface area (Å²) < 4.78 is 46.9. The van der Waals surface area contributed by atoms with E-state index in [0.29, 0.717) is 12.2 Å². The van der Waals surface area contributed by atoms with Crippen LogP contribution in [0.3, 0.4) is 0 Å². The van der Waals surface area contributed by atoms with Crippen LogP contribution < -0.4 is 0 Å². The van der Waals surface area contributed by atoms with Gasteiger partial charge in [0.1, 0.15) is 11.7 Å². The molecule has 0 saturated carbocycles. The lowest BCUT2D eigenvalue weighted by Crippen LogP contribution is -2.28. The van der Waals surface area contributed by atoms with Crippen LogP contribution in [0.4, 0.5) is 17.6 Å². The summed E-state index contributed by atoms with van der Waals surface area (Å²) in [5, 5.41) is 0. The zero-order chi connectivity index (χ0) is 8.65. The van der Waals surface area contributed by atoms with E-state index in [-0.39, 0.29) is 0 Å². The highest BCUT2D eigenvalue weighted by molar-refractivity contribution is 9.10. The average Bonchev–Trinajstić information content (AvgIpc) is 1.81. The van der Waals surface area contributed by atoms with Gasteiger partial charge in [0.15, 0.2) is 6.17 Å². The smallest absolute Gasteiger partial charge is 0.223 e. The van der Waals surface area contributed by atoms with E-state index in [1.165, 1.54) is 0 Å². The highest BCUT2D eigenvalue weighted by atomic mass is 79.9. The molecule has 0 fully saturated rings. The van der Waals surface area contributed by atoms with Crippen molar-refractivity contribution in [2.24, 2.45) is 0 Å². The maximum absolute atomic E-state index is 12.7. The number of allylic oxidation sites excluding steroid dienone is 4. The zero-order valence-corrected chi connectivity index (χ0v) is 6.71. The highest BCUT2D eigenvalue weighted by Gasteiger charge is 2.41. The summed E-state index contributed by atoms with van der Waals surface area (Å²) in [7, 11) is 0. The summed E-state index contributed by atoms with van der Waals surface area (Å²) in [6.07, 6.45) is -1.83. The van der Waals surface area contributed by atoms with Crippen LogP contribution >= 0.6 is 15.9 Å². The fourth-order valence-electron chi connectivity index (χ4n) is 0.687. The van der Waals surface area contributed by atoms with Gasteiger partial charge in [0.25, 0.3) is 0 Å². The predicted octanol–water partition coefficient (Wildman–Crippen LogP) is 3.11. The number of rotatable bonds is 0. The molecule has 0 radical (unpaired) electrons. The number of halogens is 5. The van der Waals surface area contributed by atoms with E-state index in [1.807, 2.05) is 0 Å². The van der Waals surface area contributed by atoms with Gasteiger partial charge < -0.3 is 0 Å². The fraction of sp³-hybridized carbons (Fsp3) is 0.333. The molecule has 0 nitrogen and oxygen atoms in total. The van der Waals surface area contributed by atoms with E-state index in [0.717, 1.165) is 0 Å². The Morgan fingerprint density at radius 1 is 1.45 bits per heavy atom. The van der Waals surface area contributed by atoms with E-state index in [4.69, 9.17) is 0 Å². The molecule has 0 bridgehead atoms. The van der Waals surface area contributed by atoms with Gasteiger partial charge in [-0.1, -0.05) is 0 Å². The highest BCUT2D eigenvalue weighted by Crippen LogP contribution is 2.38. The minimum Gasteiger partial charge on any atom is -0.235 e. The molecule has 0 saturated heterocycles. The Bertz CT molecular complexity index is 231. The van der Waals surface area contributed by atoms with E-state index in [9.17, 15) is 17.6 Å². The van der Waals surface area contributed by atoms with Gasteiger partial charge in [0, 0.05) is 12.2 Å². The molecule has 0 aromatic rings. The first-order chi connectivity index (χ1) is 4.93. The van der Waals surface area contributed by atoms with Crippen LogP contribution in [0.25, 0.3) is 0 Å². The lowest BCUT2D eigenvalue weighted by atomic mass is 10.1. The first-order valence-electron chi connectivity index (χ1n) is 2.71. The maximum atomic E-state index is 12.7. The minimum absolute atomic E-state index is 0.309. The van der Waals surface area contributed by atoms with Crippen molar-refractivity contribution in [3.8, 4) is 0 Å². The summed E-state index contributed by atoms with van der Waals surface area (Å²) in [6.45, 7) is 0. The van der Waals surface area contributed by atoms with Gasteiger partial charge >= 0.3 is 0 Å². The van der Waals surface area contributed by atoms with Gasteiger partial charge in [-0.15, -0.1) is 0 Å². The van der Waals surface area contributed by atoms with E-state index < -0.39 is 22.4 Å². The third-order valence-electron chi connectivity index (χ3n) is 1.19. The van der Waals surface area contributed by atoms with Gasteiger partial charge in [-0.2, -0.15) is 0 Å². The van der Waals surface area contributed by atoms with Crippen molar-refractivity contribution in [1.29, 1.82) is 0 Å². The molecule has 1 aliphatic carbocycles. The molecule has 62 valence electrons. The van der Waals surface area contributed by atoms with E-state index >= 15 is 0 Å². The number of hydrogen-bond donors (Lipinski definition) is 0. The Morgan fingerprint density at radius 3 is 2.45 bits per heavy atom. The van der Waals surface area contributed by atoms with Crippen LogP contribution in [0.15, 0.2) is 23.8 Å². The largest absolute Gasteiger partial charge is 0.235 e. The molecule has 0 aromatic heterocycles. The maximum Gasteiger partial charge on any atom is 0.223 e. The third kappa shape index (κ3) is 1.64. The summed E-state index contributed by atoms with van der Waals surface area (Å²) >= 11 is 2.20. The van der Waals surface area contributed by atoms with Crippen molar-refractivity contribution < 1.29 is 17.6 Å². The zero-order valence-electron chi connectivity index (χ0n) is 5.12. The van der Waals surface area contributed by atoms with Crippen LogP contribution in [-0.2, 0) is 0 Å². The normalized spacial score (nSPS) is 38.1. The van der Waals surface area contributed by atoms with Crippen molar-refractivity contribution in [3.05, 3.63) is 23.8 Å². The molecule has 1 rings (SSSR count). The fourth-order valence-corrected chi connectivity index (χ4v) is 1.12. The SMILES string of the molecule is FC1=CC(F)(Br)C(F)C(F)=C1. The van der Waals surface area contributed by atoms with Crippen molar-refractivity contribution in [2.45, 2.75) is 10.7 Å². The Balaban J connectivity index is 3.01. The van der Waals surface area contributed by atoms with Crippen molar-refractivity contribution >= 4 is 15.9 Å². The van der Waals surface area contributed by atoms with E-state index in [1.54, 1.807) is 0 Å². The van der Waals surface area contributed by atoms with Crippen LogP contribution in [-0.4, -0.2) is 10.7 Å². The minimum atomic E-state index is -2.75. The quantitative estimate of drug-likeness (QED) is 0.443. The molecule has 0 N–H and O–H groups in total. The standard InChI is InChI=1S/C6H3BrF4/c7-6(11)2-3(8)1-4(9)5(6)10/h1-2,5H. The van der Waals surface area contributed by atoms with Crippen molar-refractivity contribution in [1.82, 2.24) is 0 Å². The van der Waals surface area contributed by atoms with E-state index in [2.05, 4.69) is 15.9 Å². The van der Waals surface area contributed by atoms with Crippen LogP contribution in [0, 0.1) is 0 Å². The molecule has 0 heterocycles. The first-order valence-corrected chi connectivity index (χ1v) is 3.50. The van der Waals surface area contributed by atoms with Gasteiger partial charge in [0.2, 0.25) is 4.58 Å². The molecular formula is C6H3BrF4. The second-order valence-corrected chi connectivity index (χ2v) is 3.31. The molecule has 0 amide bonds. The Hall–Kier alpha value is -0.320. The molecule has 11 heavy (non-hydrogen) atoms. The van der Waals surface area contributed by atoms with Gasteiger partial charge in [-0.3, -0.25) is 0 Å². The lowest BCUT2D eigenvalue weighted by molar-refractivity contribution is 0.181. The summed E-state index contributed by atoms with van der Waals surface area (Å²) in [4.78, 5) is 0. The summed E-state index contributed by atoms with van der Waals surface area (Å²) in [5.74, 6) is -2.58. The van der Waals surface area contributed by atoms with Crippen molar-refractivity contribution in [2.75, 3.05) is 0 Å². The molecule has 0 spiro atoms. The van der Waals surface area contributed by atoms with Gasteiger partial charge in [-0.25, -0.2) is 17.6 Å². The molecule has 5 heteroatoms. The molecule has 1 aliphatic rings. The third-order valence-corrected chi connectivity index (χ3v) is 1.82. The second-order valence-electron chi connectivity index (χ2n) is 2.10. The van der Waals surface area contributed by atoms with Crippen LogP contribution in [0.1, 0.15) is 0 Å². The Labute approximate surface area is 68.7 Å². The molecule has 2 unspecified atom stereocenters. The Kier molecular flexibility index (Phi) is 2.09. The number of hydrogen-bond acceptors (Lipinski definition) is 0. The van der Waals surface area contributed by atoms with Crippen LogP contribution in [0.5, 0.6) is 0 Å². The second kappa shape index (κ2) is 2.62. The Morgan fingerprint density at radius 2 is 2.00 bits per heavy atom. The lowest BCUT2D eigenvalue weighted by Gasteiger charge is -2.20. The molecular weight excluding hydrogens is 228 g/mol. The van der Waals surface area contributed by atoms with Crippen molar-refractivity contribution in [3.63, 3.8) is 0 Å². The van der Waals surface area contributed by atoms with Gasteiger partial charge in [-0.05, 0) is 15.9 Å². The molecule has 2 atom stereocenters. The van der Waals surface area contributed by atoms with Gasteiger partial charge in [0.05, 0.1) is 0 Å². The number of alkyl halides is 3. The summed E-state index contributed by atoms with van der Waals surface area (Å²) in [5.41, 5.74) is 0. The van der Waals surface area contributed by atoms with Crippen LogP contribution in [0.2, 0.25) is 0 Å².